The molecule has 4 heteroatoms. The first kappa shape index (κ1) is 9.56. The average molecular weight is 291 g/mol. The lowest BCUT2D eigenvalue weighted by atomic mass is 10.2. The van der Waals surface area contributed by atoms with Crippen LogP contribution in [-0.4, -0.2) is 5.11 Å². The van der Waals surface area contributed by atoms with Crippen LogP contribution in [-0.2, 0) is 6.42 Å². The molecule has 0 saturated carbocycles. The lowest BCUT2D eigenvalue weighted by Gasteiger charge is -2.03. The van der Waals surface area contributed by atoms with Gasteiger partial charge in [-0.15, -0.1) is 0 Å². The summed E-state index contributed by atoms with van der Waals surface area (Å²) in [5, 5.41) is 17.7. The summed E-state index contributed by atoms with van der Waals surface area (Å²) in [6, 6.07) is 5.31. The number of phenolic OH excluding ortho intramolecular Hbond substituents is 1. The highest BCUT2D eigenvalue weighted by molar-refractivity contribution is 9.13. The van der Waals surface area contributed by atoms with Crippen LogP contribution in [0.5, 0.6) is 5.75 Å². The predicted octanol–water partition coefficient (Wildman–Crippen LogP) is 2.98. The first-order valence-electron chi connectivity index (χ1n) is 3.19. The van der Waals surface area contributed by atoms with Crippen molar-refractivity contribution in [1.82, 2.24) is 0 Å². The van der Waals surface area contributed by atoms with Crippen molar-refractivity contribution in [2.45, 2.75) is 6.42 Å². The zero-order valence-electron chi connectivity index (χ0n) is 6.01. The fraction of sp³-hybridized carbons (Fsp3) is 0.125. The average Bonchev–Trinajstić information content (AvgIpc) is 2.07. The Hall–Kier alpha value is -0.530. The number of hydrogen-bond donors (Lipinski definition) is 1. The molecule has 0 spiro atoms. The summed E-state index contributed by atoms with van der Waals surface area (Å²) in [4.78, 5) is 0. The third-order valence-electron chi connectivity index (χ3n) is 1.41. The van der Waals surface area contributed by atoms with E-state index in [0.29, 0.717) is 10.9 Å². The second kappa shape index (κ2) is 3.92. The molecule has 0 radical (unpaired) electrons. The Balaban J connectivity index is 3.19. The summed E-state index contributed by atoms with van der Waals surface area (Å²) in [7, 11) is 0. The molecule has 1 aromatic carbocycles. The zero-order valence-corrected chi connectivity index (χ0v) is 9.18. The highest BCUT2D eigenvalue weighted by Crippen LogP contribution is 2.34. The summed E-state index contributed by atoms with van der Waals surface area (Å²) >= 11 is 6.47. The fourth-order valence-electron chi connectivity index (χ4n) is 0.801. The molecule has 0 aliphatic heterocycles. The van der Waals surface area contributed by atoms with E-state index in [-0.39, 0.29) is 5.75 Å². The van der Waals surface area contributed by atoms with Gasteiger partial charge in [0.1, 0.15) is 5.75 Å². The van der Waals surface area contributed by atoms with Crippen LogP contribution in [0.25, 0.3) is 0 Å². The van der Waals surface area contributed by atoms with E-state index in [2.05, 4.69) is 31.9 Å². The van der Waals surface area contributed by atoms with Crippen LogP contribution in [0.4, 0.5) is 0 Å². The van der Waals surface area contributed by atoms with Gasteiger partial charge in [0.05, 0.1) is 17.0 Å². The maximum Gasteiger partial charge on any atom is 0.130 e. The Kier molecular flexibility index (Phi) is 3.12. The lowest BCUT2D eigenvalue weighted by Crippen LogP contribution is -1.84. The van der Waals surface area contributed by atoms with Gasteiger partial charge < -0.3 is 5.11 Å². The second-order valence-electron chi connectivity index (χ2n) is 2.21. The minimum atomic E-state index is 0.170. The molecule has 0 fully saturated rings. The number of phenols is 1. The van der Waals surface area contributed by atoms with Gasteiger partial charge in [0.2, 0.25) is 0 Å². The molecule has 0 aliphatic rings. The maximum absolute atomic E-state index is 9.23. The van der Waals surface area contributed by atoms with Crippen molar-refractivity contribution in [3.05, 3.63) is 26.6 Å². The number of aromatic hydroxyl groups is 1. The van der Waals surface area contributed by atoms with Crippen LogP contribution in [0.2, 0.25) is 0 Å². The van der Waals surface area contributed by atoms with Gasteiger partial charge in [0, 0.05) is 4.47 Å². The molecule has 0 amide bonds. The highest BCUT2D eigenvalue weighted by Gasteiger charge is 2.07. The minimum Gasteiger partial charge on any atom is -0.507 e. The summed E-state index contributed by atoms with van der Waals surface area (Å²) in [5.41, 5.74) is 0.863. The third-order valence-corrected chi connectivity index (χ3v) is 3.65. The number of benzene rings is 1. The van der Waals surface area contributed by atoms with Gasteiger partial charge in [-0.25, -0.2) is 0 Å². The summed E-state index contributed by atoms with van der Waals surface area (Å²) in [6.07, 6.45) is 0.333. The maximum atomic E-state index is 9.23. The molecule has 1 rings (SSSR count). The Morgan fingerprint density at radius 2 is 2.00 bits per heavy atom. The number of rotatable bonds is 1. The van der Waals surface area contributed by atoms with Gasteiger partial charge in [-0.1, -0.05) is 6.07 Å². The topological polar surface area (TPSA) is 44.0 Å². The largest absolute Gasteiger partial charge is 0.507 e. The molecule has 0 aromatic heterocycles. The first-order valence-corrected chi connectivity index (χ1v) is 4.78. The number of halogens is 2. The van der Waals surface area contributed by atoms with E-state index in [4.69, 9.17) is 5.26 Å². The standard InChI is InChI=1S/C8H5Br2NO/c9-7-5(3-4-11)1-2-6(12)8(7)10/h1-2,12H,3H2. The van der Waals surface area contributed by atoms with Gasteiger partial charge in [0.15, 0.2) is 0 Å². The minimum absolute atomic E-state index is 0.170. The van der Waals surface area contributed by atoms with Crippen molar-refractivity contribution in [2.75, 3.05) is 0 Å². The molecule has 1 aromatic rings. The number of nitrogens with zero attached hydrogens (tertiary/aromatic N) is 1. The van der Waals surface area contributed by atoms with E-state index in [1.165, 1.54) is 0 Å². The van der Waals surface area contributed by atoms with Gasteiger partial charge in [-0.3, -0.25) is 0 Å². The van der Waals surface area contributed by atoms with Gasteiger partial charge >= 0.3 is 0 Å². The van der Waals surface area contributed by atoms with E-state index >= 15 is 0 Å². The molecule has 0 bridgehead atoms. The third kappa shape index (κ3) is 1.79. The van der Waals surface area contributed by atoms with E-state index in [0.717, 1.165) is 10.0 Å². The Bertz CT molecular complexity index is 344. The van der Waals surface area contributed by atoms with Gasteiger partial charge in [0.25, 0.3) is 0 Å². The zero-order chi connectivity index (χ0) is 9.14. The molecular formula is C8H5Br2NO. The van der Waals surface area contributed by atoms with Crippen LogP contribution >= 0.6 is 31.9 Å². The van der Waals surface area contributed by atoms with E-state index in [1.54, 1.807) is 12.1 Å². The number of hydrogen-bond acceptors (Lipinski definition) is 2. The molecule has 62 valence electrons. The van der Waals surface area contributed by atoms with Crippen molar-refractivity contribution in [3.8, 4) is 11.8 Å². The molecular weight excluding hydrogens is 286 g/mol. The van der Waals surface area contributed by atoms with Crippen LogP contribution in [0.1, 0.15) is 5.56 Å². The molecule has 2 nitrogen and oxygen atoms in total. The van der Waals surface area contributed by atoms with Crippen molar-refractivity contribution >= 4 is 31.9 Å². The first-order chi connectivity index (χ1) is 5.66. The van der Waals surface area contributed by atoms with Crippen molar-refractivity contribution in [2.24, 2.45) is 0 Å². The van der Waals surface area contributed by atoms with Gasteiger partial charge in [-0.05, 0) is 43.5 Å². The number of nitriles is 1. The van der Waals surface area contributed by atoms with Crippen LogP contribution in [0.15, 0.2) is 21.1 Å². The lowest BCUT2D eigenvalue weighted by molar-refractivity contribution is 0.471. The molecule has 0 saturated heterocycles. The van der Waals surface area contributed by atoms with Crippen LogP contribution in [0.3, 0.4) is 0 Å². The SMILES string of the molecule is N#CCc1ccc(O)c(Br)c1Br. The van der Waals surface area contributed by atoms with Crippen LogP contribution in [0, 0.1) is 11.3 Å². The van der Waals surface area contributed by atoms with Crippen molar-refractivity contribution in [1.29, 1.82) is 5.26 Å². The van der Waals surface area contributed by atoms with Gasteiger partial charge in [-0.2, -0.15) is 5.26 Å². The molecule has 0 aliphatic carbocycles. The van der Waals surface area contributed by atoms with Crippen molar-refractivity contribution < 1.29 is 5.11 Å². The second-order valence-corrected chi connectivity index (χ2v) is 3.79. The summed E-state index contributed by atoms with van der Waals surface area (Å²) in [6.45, 7) is 0. The van der Waals surface area contributed by atoms with Crippen molar-refractivity contribution in [3.63, 3.8) is 0 Å². The quantitative estimate of drug-likeness (QED) is 0.864. The molecule has 0 unspecified atom stereocenters. The molecule has 0 atom stereocenters. The monoisotopic (exact) mass is 289 g/mol. The van der Waals surface area contributed by atoms with E-state index < -0.39 is 0 Å². The normalized spacial score (nSPS) is 9.42. The molecule has 0 heterocycles. The molecule has 1 N–H and O–H groups in total. The smallest absolute Gasteiger partial charge is 0.130 e. The van der Waals surface area contributed by atoms with E-state index in [9.17, 15) is 5.11 Å². The molecule has 12 heavy (non-hydrogen) atoms. The highest BCUT2D eigenvalue weighted by atomic mass is 79.9. The Labute approximate surface area is 87.1 Å². The van der Waals surface area contributed by atoms with E-state index in [1.807, 2.05) is 6.07 Å². The Morgan fingerprint density at radius 1 is 1.33 bits per heavy atom. The predicted molar refractivity (Wildman–Crippen MR) is 52.8 cm³/mol. The summed E-state index contributed by atoms with van der Waals surface area (Å²) < 4.78 is 1.33. The summed E-state index contributed by atoms with van der Waals surface area (Å²) in [5.74, 6) is 0.170. The van der Waals surface area contributed by atoms with Crippen LogP contribution < -0.4 is 0 Å². The fourth-order valence-corrected chi connectivity index (χ4v) is 1.66. The Morgan fingerprint density at radius 3 is 2.58 bits per heavy atom.